The third kappa shape index (κ3) is 3.10. The van der Waals surface area contributed by atoms with Crippen molar-refractivity contribution in [2.75, 3.05) is 0 Å². The van der Waals surface area contributed by atoms with Gasteiger partial charge in [-0.25, -0.2) is 14.5 Å². The molecule has 4 aromatic rings. The van der Waals surface area contributed by atoms with Crippen LogP contribution in [-0.4, -0.2) is 30.4 Å². The van der Waals surface area contributed by atoms with Gasteiger partial charge in [0.05, 0.1) is 29.5 Å². The molecule has 1 N–H and O–H groups in total. The van der Waals surface area contributed by atoms with Crippen LogP contribution < -0.4 is 5.56 Å². The highest BCUT2D eigenvalue weighted by Gasteiger charge is 2.17. The number of aromatic nitrogens is 4. The van der Waals surface area contributed by atoms with Gasteiger partial charge in [0.2, 0.25) is 0 Å². The average molecular weight is 360 g/mol. The zero-order valence-electron chi connectivity index (χ0n) is 14.3. The van der Waals surface area contributed by atoms with Crippen molar-refractivity contribution in [2.24, 2.45) is 0 Å². The third-order valence-electron chi connectivity index (χ3n) is 4.41. The van der Waals surface area contributed by atoms with Crippen LogP contribution in [-0.2, 0) is 13.1 Å². The molecule has 0 radical (unpaired) electrons. The number of fused-ring (bicyclic) bond motifs is 1. The van der Waals surface area contributed by atoms with Gasteiger partial charge < -0.3 is 9.67 Å². The van der Waals surface area contributed by atoms with Crippen molar-refractivity contribution >= 4 is 16.7 Å². The molecule has 0 bridgehead atoms. The van der Waals surface area contributed by atoms with Crippen molar-refractivity contribution in [2.45, 2.75) is 13.1 Å². The lowest BCUT2D eigenvalue weighted by Gasteiger charge is -2.13. The van der Waals surface area contributed by atoms with Gasteiger partial charge in [0.15, 0.2) is 0 Å². The summed E-state index contributed by atoms with van der Waals surface area (Å²) in [5.41, 5.74) is 0.906. The predicted molar refractivity (Wildman–Crippen MR) is 101 cm³/mol. The second kappa shape index (κ2) is 6.87. The lowest BCUT2D eigenvalue weighted by molar-refractivity contribution is 0.0697. The number of rotatable bonds is 5. The Hall–Kier alpha value is -3.74. The maximum Gasteiger partial charge on any atom is 0.336 e. The van der Waals surface area contributed by atoms with Gasteiger partial charge >= 0.3 is 5.97 Å². The Morgan fingerprint density at radius 2 is 1.74 bits per heavy atom. The molecule has 0 aliphatic heterocycles. The van der Waals surface area contributed by atoms with E-state index in [0.29, 0.717) is 35.1 Å². The SMILES string of the molecule is O=C(O)c1ccccc1-c1nn(CCn2ccnc2)c(=O)c2ccccc12. The molecule has 2 aromatic heterocycles. The van der Waals surface area contributed by atoms with Crippen molar-refractivity contribution in [3.05, 3.63) is 83.2 Å². The fourth-order valence-electron chi connectivity index (χ4n) is 3.09. The molecule has 0 saturated heterocycles. The Morgan fingerprint density at radius 3 is 2.48 bits per heavy atom. The first-order valence-corrected chi connectivity index (χ1v) is 8.43. The number of imidazole rings is 1. The van der Waals surface area contributed by atoms with Gasteiger partial charge in [-0.3, -0.25) is 4.79 Å². The molecule has 27 heavy (non-hydrogen) atoms. The fourth-order valence-corrected chi connectivity index (χ4v) is 3.09. The molecule has 2 heterocycles. The van der Waals surface area contributed by atoms with Crippen LogP contribution >= 0.6 is 0 Å². The third-order valence-corrected chi connectivity index (χ3v) is 4.41. The van der Waals surface area contributed by atoms with E-state index in [-0.39, 0.29) is 11.1 Å². The predicted octanol–water partition coefficient (Wildman–Crippen LogP) is 2.66. The van der Waals surface area contributed by atoms with Crippen LogP contribution in [0.25, 0.3) is 22.0 Å². The Bertz CT molecular complexity index is 1180. The molecule has 0 fully saturated rings. The van der Waals surface area contributed by atoms with Crippen LogP contribution in [0.15, 0.2) is 72.0 Å². The summed E-state index contributed by atoms with van der Waals surface area (Å²) in [7, 11) is 0. The van der Waals surface area contributed by atoms with E-state index in [0.717, 1.165) is 0 Å². The molecule has 7 nitrogen and oxygen atoms in total. The van der Waals surface area contributed by atoms with Crippen molar-refractivity contribution in [1.82, 2.24) is 19.3 Å². The molecule has 4 rings (SSSR count). The number of hydrogen-bond donors (Lipinski definition) is 1. The summed E-state index contributed by atoms with van der Waals surface area (Å²) >= 11 is 0. The fraction of sp³-hybridized carbons (Fsp3) is 0.100. The lowest BCUT2D eigenvalue weighted by atomic mass is 10.00. The molecule has 0 aliphatic carbocycles. The number of hydrogen-bond acceptors (Lipinski definition) is 4. The van der Waals surface area contributed by atoms with Gasteiger partial charge in [0.25, 0.3) is 5.56 Å². The summed E-state index contributed by atoms with van der Waals surface area (Å²) in [6.07, 6.45) is 5.16. The van der Waals surface area contributed by atoms with Crippen LogP contribution in [0, 0.1) is 0 Å². The zero-order chi connectivity index (χ0) is 18.8. The van der Waals surface area contributed by atoms with E-state index in [1.54, 1.807) is 48.9 Å². The summed E-state index contributed by atoms with van der Waals surface area (Å²) < 4.78 is 3.24. The Kier molecular flexibility index (Phi) is 4.25. The highest BCUT2D eigenvalue weighted by Crippen LogP contribution is 2.27. The van der Waals surface area contributed by atoms with Crippen LogP contribution in [0.3, 0.4) is 0 Å². The van der Waals surface area contributed by atoms with E-state index >= 15 is 0 Å². The summed E-state index contributed by atoms with van der Waals surface area (Å²) in [6.45, 7) is 0.882. The first kappa shape index (κ1) is 16.7. The quantitative estimate of drug-likeness (QED) is 0.591. The van der Waals surface area contributed by atoms with E-state index in [9.17, 15) is 14.7 Å². The van der Waals surface area contributed by atoms with Crippen molar-refractivity contribution in [3.63, 3.8) is 0 Å². The standard InChI is InChI=1S/C20H16N4O3/c25-19-16-7-3-1-5-14(16)18(15-6-2-4-8-17(15)20(26)27)22-24(19)12-11-23-10-9-21-13-23/h1-10,13H,11-12H2,(H,26,27). The van der Waals surface area contributed by atoms with Crippen molar-refractivity contribution in [3.8, 4) is 11.3 Å². The molecule has 0 spiro atoms. The van der Waals surface area contributed by atoms with Gasteiger partial charge in [0.1, 0.15) is 0 Å². The minimum Gasteiger partial charge on any atom is -0.478 e. The van der Waals surface area contributed by atoms with Gasteiger partial charge in [-0.05, 0) is 12.1 Å². The van der Waals surface area contributed by atoms with E-state index in [1.807, 2.05) is 16.8 Å². The number of aryl methyl sites for hydroxylation is 2. The molecule has 0 unspecified atom stereocenters. The second-order valence-electron chi connectivity index (χ2n) is 6.07. The van der Waals surface area contributed by atoms with Crippen LogP contribution in [0.4, 0.5) is 0 Å². The number of carboxylic acids is 1. The highest BCUT2D eigenvalue weighted by molar-refractivity contribution is 6.01. The zero-order valence-corrected chi connectivity index (χ0v) is 14.3. The number of carboxylic acid groups (broad SMARTS) is 1. The number of nitrogens with zero attached hydrogens (tertiary/aromatic N) is 4. The minimum atomic E-state index is -1.03. The van der Waals surface area contributed by atoms with Gasteiger partial charge in [-0.1, -0.05) is 36.4 Å². The van der Waals surface area contributed by atoms with E-state index in [2.05, 4.69) is 10.1 Å². The molecule has 0 amide bonds. The molecule has 7 heteroatoms. The van der Waals surface area contributed by atoms with Gasteiger partial charge in [0, 0.05) is 29.9 Å². The Balaban J connectivity index is 1.91. The Labute approximate surface area is 154 Å². The van der Waals surface area contributed by atoms with Crippen LogP contribution in [0.1, 0.15) is 10.4 Å². The summed E-state index contributed by atoms with van der Waals surface area (Å²) in [6, 6.07) is 13.8. The monoisotopic (exact) mass is 360 g/mol. The van der Waals surface area contributed by atoms with E-state index < -0.39 is 5.97 Å². The summed E-state index contributed by atoms with van der Waals surface area (Å²) in [5, 5.41) is 15.2. The molecule has 2 aromatic carbocycles. The normalized spacial score (nSPS) is 11.0. The van der Waals surface area contributed by atoms with Crippen LogP contribution in [0.5, 0.6) is 0 Å². The molecular formula is C20H16N4O3. The maximum absolute atomic E-state index is 12.8. The highest BCUT2D eigenvalue weighted by atomic mass is 16.4. The largest absolute Gasteiger partial charge is 0.478 e. The maximum atomic E-state index is 12.8. The van der Waals surface area contributed by atoms with Crippen molar-refractivity contribution < 1.29 is 9.90 Å². The van der Waals surface area contributed by atoms with E-state index in [1.165, 1.54) is 10.7 Å². The second-order valence-corrected chi connectivity index (χ2v) is 6.07. The molecule has 134 valence electrons. The topological polar surface area (TPSA) is 90.0 Å². The smallest absolute Gasteiger partial charge is 0.336 e. The lowest BCUT2D eigenvalue weighted by Crippen LogP contribution is -2.26. The Morgan fingerprint density at radius 1 is 1.00 bits per heavy atom. The van der Waals surface area contributed by atoms with Gasteiger partial charge in [-0.15, -0.1) is 0 Å². The number of aromatic carboxylic acids is 1. The van der Waals surface area contributed by atoms with Crippen LogP contribution in [0.2, 0.25) is 0 Å². The van der Waals surface area contributed by atoms with Crippen molar-refractivity contribution in [1.29, 1.82) is 0 Å². The summed E-state index contributed by atoms with van der Waals surface area (Å²) in [5.74, 6) is -1.03. The molecule has 0 aliphatic rings. The molecular weight excluding hydrogens is 344 g/mol. The first-order chi connectivity index (χ1) is 13.1. The first-order valence-electron chi connectivity index (χ1n) is 8.43. The van der Waals surface area contributed by atoms with Gasteiger partial charge in [-0.2, -0.15) is 5.10 Å². The molecule has 0 saturated carbocycles. The average Bonchev–Trinajstić information content (AvgIpc) is 3.21. The molecule has 0 atom stereocenters. The summed E-state index contributed by atoms with van der Waals surface area (Å²) in [4.78, 5) is 28.5. The number of carbonyl (C=O) groups is 1. The van der Waals surface area contributed by atoms with E-state index in [4.69, 9.17) is 0 Å². The minimum absolute atomic E-state index is 0.148. The number of benzene rings is 2.